The minimum Gasteiger partial charge on any atom is -0.539 e. The van der Waals surface area contributed by atoms with Gasteiger partial charge in [-0.3, -0.25) is 4.79 Å². The first-order chi connectivity index (χ1) is 10.6. The number of thioether (sulfide) groups is 1. The van der Waals surface area contributed by atoms with Crippen LogP contribution >= 0.6 is 11.8 Å². The molecule has 2 aromatic rings. The predicted molar refractivity (Wildman–Crippen MR) is 75.1 cm³/mol. The summed E-state index contributed by atoms with van der Waals surface area (Å²) < 4.78 is 5.53. The molecule has 8 heteroatoms. The Morgan fingerprint density at radius 2 is 2.32 bits per heavy atom. The summed E-state index contributed by atoms with van der Waals surface area (Å²) in [4.78, 5) is 16.5. The number of carbonyl (C=O) groups is 1. The highest BCUT2D eigenvalue weighted by molar-refractivity contribution is 8.00. The van der Waals surface area contributed by atoms with Gasteiger partial charge in [0.15, 0.2) is 13.0 Å². The predicted octanol–water partition coefficient (Wildman–Crippen LogP) is 0.767. The molecule has 0 aliphatic carbocycles. The minimum absolute atomic E-state index is 0.0123. The number of Topliss-reactive ketones (excluding diaryl/α,β-unsaturated/α-hetero) is 1. The van der Waals surface area contributed by atoms with Crippen molar-refractivity contribution >= 4 is 17.5 Å². The molecule has 0 amide bonds. The molecule has 0 aromatic carbocycles. The largest absolute Gasteiger partial charge is 0.539 e. The number of aromatic nitrogens is 3. The van der Waals surface area contributed by atoms with Crippen LogP contribution in [-0.4, -0.2) is 21.8 Å². The fraction of sp³-hybridized carbons (Fsp3) is 0.357. The molecule has 0 aliphatic rings. The van der Waals surface area contributed by atoms with E-state index in [-0.39, 0.29) is 11.4 Å². The van der Waals surface area contributed by atoms with Gasteiger partial charge in [0.2, 0.25) is 5.78 Å². The van der Waals surface area contributed by atoms with Crippen LogP contribution in [-0.2, 0) is 13.5 Å². The molecule has 7 nitrogen and oxygen atoms in total. The number of rotatable bonds is 6. The van der Waals surface area contributed by atoms with Gasteiger partial charge in [0.05, 0.1) is 16.6 Å². The number of carbonyl (C=O) groups excluding carboxylic acids is 1. The highest BCUT2D eigenvalue weighted by Gasteiger charge is 2.23. The average Bonchev–Trinajstić information content (AvgIpc) is 2.84. The van der Waals surface area contributed by atoms with E-state index in [1.54, 1.807) is 6.07 Å². The van der Waals surface area contributed by atoms with Crippen molar-refractivity contribution in [1.82, 2.24) is 10.3 Å². The summed E-state index contributed by atoms with van der Waals surface area (Å²) in [6.45, 7) is 2.04. The highest BCUT2D eigenvalue weighted by Crippen LogP contribution is 2.22. The van der Waals surface area contributed by atoms with E-state index in [0.717, 1.165) is 35.0 Å². The second-order valence-electron chi connectivity index (χ2n) is 4.56. The molecule has 0 atom stereocenters. The zero-order valence-electron chi connectivity index (χ0n) is 12.2. The smallest absolute Gasteiger partial charge is 0.300 e. The van der Waals surface area contributed by atoms with E-state index >= 15 is 0 Å². The topological polar surface area (TPSA) is 107 Å². The lowest BCUT2D eigenvalue weighted by Crippen LogP contribution is -2.37. The number of hydrogen-bond acceptors (Lipinski definition) is 7. The molecule has 0 saturated carbocycles. The van der Waals surface area contributed by atoms with E-state index < -0.39 is 11.7 Å². The lowest BCUT2D eigenvalue weighted by Gasteiger charge is -2.05. The number of nitriles is 1. The van der Waals surface area contributed by atoms with Crippen molar-refractivity contribution in [3.63, 3.8) is 0 Å². The van der Waals surface area contributed by atoms with Gasteiger partial charge in [0.25, 0.3) is 5.69 Å². The zero-order valence-corrected chi connectivity index (χ0v) is 13.0. The number of ketones is 1. The fourth-order valence-corrected chi connectivity index (χ4v) is 2.74. The van der Waals surface area contributed by atoms with Gasteiger partial charge in [-0.25, -0.2) is 4.98 Å². The molecule has 0 aliphatic heterocycles. The molecule has 22 heavy (non-hydrogen) atoms. The first-order valence-corrected chi connectivity index (χ1v) is 7.64. The summed E-state index contributed by atoms with van der Waals surface area (Å²) in [6, 6.07) is 5.56. The van der Waals surface area contributed by atoms with Crippen molar-refractivity contribution in [3.05, 3.63) is 29.1 Å². The van der Waals surface area contributed by atoms with Gasteiger partial charge in [-0.05, 0) is 18.6 Å². The molecule has 0 saturated heterocycles. The summed E-state index contributed by atoms with van der Waals surface area (Å²) in [5.74, 6) is -1.19. The summed E-state index contributed by atoms with van der Waals surface area (Å²) in [6.07, 6.45) is 1.75. The Morgan fingerprint density at radius 3 is 2.91 bits per heavy atom. The molecule has 114 valence electrons. The monoisotopic (exact) mass is 318 g/mol. The fourth-order valence-electron chi connectivity index (χ4n) is 1.88. The number of hydrogen-bond donors (Lipinski definition) is 0. The molecule has 2 aromatic heterocycles. The quantitative estimate of drug-likeness (QED) is 0.440. The second-order valence-corrected chi connectivity index (χ2v) is 5.53. The van der Waals surface area contributed by atoms with Gasteiger partial charge in [0.1, 0.15) is 11.1 Å². The lowest BCUT2D eigenvalue weighted by molar-refractivity contribution is -0.741. The number of pyridine rings is 1. The summed E-state index contributed by atoms with van der Waals surface area (Å²) >= 11 is 1.13. The van der Waals surface area contributed by atoms with E-state index in [4.69, 9.17) is 5.26 Å². The maximum absolute atomic E-state index is 12.1. The van der Waals surface area contributed by atoms with Crippen LogP contribution in [0.15, 0.2) is 21.7 Å². The lowest BCUT2D eigenvalue weighted by atomic mass is 10.2. The van der Waals surface area contributed by atoms with Crippen LogP contribution in [0.25, 0.3) is 0 Å². The third-order valence-electron chi connectivity index (χ3n) is 2.91. The van der Waals surface area contributed by atoms with Crippen molar-refractivity contribution < 1.29 is 19.1 Å². The van der Waals surface area contributed by atoms with Gasteiger partial charge in [-0.1, -0.05) is 29.8 Å². The van der Waals surface area contributed by atoms with Crippen LogP contribution in [0.2, 0.25) is 0 Å². The molecule has 0 spiro atoms. The Morgan fingerprint density at radius 1 is 1.55 bits per heavy atom. The van der Waals surface area contributed by atoms with E-state index in [2.05, 4.69) is 20.8 Å². The average molecular weight is 318 g/mol. The van der Waals surface area contributed by atoms with Crippen molar-refractivity contribution in [2.24, 2.45) is 7.05 Å². The van der Waals surface area contributed by atoms with Gasteiger partial charge in [0, 0.05) is 5.69 Å². The molecule has 0 fully saturated rings. The van der Waals surface area contributed by atoms with Crippen LogP contribution in [0, 0.1) is 11.3 Å². The molecule has 0 N–H and O–H groups in total. The number of aryl methyl sites for hydroxylation is 2. The van der Waals surface area contributed by atoms with Crippen LogP contribution in [0.5, 0.6) is 5.95 Å². The van der Waals surface area contributed by atoms with E-state index in [1.165, 1.54) is 7.05 Å². The minimum atomic E-state index is -0.763. The van der Waals surface area contributed by atoms with Crippen LogP contribution in [0.4, 0.5) is 0 Å². The van der Waals surface area contributed by atoms with Crippen LogP contribution in [0.3, 0.4) is 0 Å². The van der Waals surface area contributed by atoms with Crippen molar-refractivity contribution in [2.75, 3.05) is 5.75 Å². The Kier molecular flexibility index (Phi) is 5.12. The summed E-state index contributed by atoms with van der Waals surface area (Å²) in [5, 5.41) is 24.4. The maximum Gasteiger partial charge on any atom is 0.300 e. The third-order valence-corrected chi connectivity index (χ3v) is 3.90. The second kappa shape index (κ2) is 7.04. The van der Waals surface area contributed by atoms with Gasteiger partial charge >= 0.3 is 0 Å². The van der Waals surface area contributed by atoms with E-state index in [9.17, 15) is 9.90 Å². The van der Waals surface area contributed by atoms with Crippen molar-refractivity contribution in [3.8, 4) is 12.0 Å². The maximum atomic E-state index is 12.1. The molecular formula is C14H14N4O3S. The van der Waals surface area contributed by atoms with E-state index in [0.29, 0.717) is 10.6 Å². The summed E-state index contributed by atoms with van der Waals surface area (Å²) in [5.41, 5.74) is 1.17. The first kappa shape index (κ1) is 16.0. The Bertz CT molecular complexity index is 717. The molecule has 2 heterocycles. The molecule has 2 rings (SSSR count). The molecule has 0 radical (unpaired) electrons. The Balaban J connectivity index is 2.15. The molecular weight excluding hydrogens is 304 g/mol. The Labute approximate surface area is 131 Å². The SMILES string of the molecule is CCCc1ccc(C#N)c(SCC(=O)c2c([O-])on[n+]2C)n1. The molecule has 0 unspecified atom stereocenters. The zero-order chi connectivity index (χ0) is 16.1. The summed E-state index contributed by atoms with van der Waals surface area (Å²) in [7, 11) is 1.46. The van der Waals surface area contributed by atoms with Gasteiger partial charge < -0.3 is 9.63 Å². The first-order valence-electron chi connectivity index (χ1n) is 6.65. The third kappa shape index (κ3) is 3.43. The highest BCUT2D eigenvalue weighted by atomic mass is 32.2. The van der Waals surface area contributed by atoms with Gasteiger partial charge in [-0.2, -0.15) is 5.26 Å². The van der Waals surface area contributed by atoms with Crippen molar-refractivity contribution in [2.45, 2.75) is 24.8 Å². The standard InChI is InChI=1S/C14H14N4O3S/c1-3-4-10-6-5-9(7-15)13(16-10)22-8-11(19)12-14(20)21-17-18(12)2/h5-6H,3-4,8H2,1-2H3. The van der Waals surface area contributed by atoms with Crippen molar-refractivity contribution in [1.29, 1.82) is 5.26 Å². The Hall–Kier alpha value is -2.40. The normalized spacial score (nSPS) is 10.4. The van der Waals surface area contributed by atoms with Crippen LogP contribution in [0.1, 0.15) is 35.1 Å². The van der Waals surface area contributed by atoms with Gasteiger partial charge in [-0.15, -0.1) is 0 Å². The number of nitrogens with zero attached hydrogens (tertiary/aromatic N) is 4. The molecule has 0 bridgehead atoms. The van der Waals surface area contributed by atoms with Crippen LogP contribution < -0.4 is 9.79 Å². The van der Waals surface area contributed by atoms with E-state index in [1.807, 2.05) is 13.0 Å².